The van der Waals surface area contributed by atoms with Crippen molar-refractivity contribution in [1.29, 1.82) is 0 Å². The van der Waals surface area contributed by atoms with Crippen LogP contribution >= 0.6 is 0 Å². The Hall–Kier alpha value is -2.32. The molecule has 1 atom stereocenters. The fourth-order valence-electron chi connectivity index (χ4n) is 2.55. The first kappa shape index (κ1) is 19.7. The minimum absolute atomic E-state index is 0.0792. The summed E-state index contributed by atoms with van der Waals surface area (Å²) < 4.78 is 4.84. The Kier molecular flexibility index (Phi) is 8.00. The highest BCUT2D eigenvalue weighted by atomic mass is 16.5. The lowest BCUT2D eigenvalue weighted by molar-refractivity contribution is -0.150. The van der Waals surface area contributed by atoms with E-state index in [9.17, 15) is 19.2 Å². The lowest BCUT2D eigenvalue weighted by Gasteiger charge is -2.18. The van der Waals surface area contributed by atoms with Gasteiger partial charge in [0.05, 0.1) is 0 Å². The van der Waals surface area contributed by atoms with Crippen molar-refractivity contribution in [3.05, 3.63) is 0 Å². The summed E-state index contributed by atoms with van der Waals surface area (Å²) in [7, 11) is 0. The Labute approximate surface area is 141 Å². The summed E-state index contributed by atoms with van der Waals surface area (Å²) in [5, 5.41) is 7.07. The van der Waals surface area contributed by atoms with Gasteiger partial charge < -0.3 is 21.1 Å². The topological polar surface area (TPSA) is 140 Å². The molecule has 0 spiro atoms. The lowest BCUT2D eigenvalue weighted by Crippen LogP contribution is -2.47. The zero-order chi connectivity index (χ0) is 18.1. The Morgan fingerprint density at radius 3 is 2.33 bits per heavy atom. The van der Waals surface area contributed by atoms with Gasteiger partial charge in [0.15, 0.2) is 6.61 Å². The highest BCUT2D eigenvalue weighted by Gasteiger charge is 2.24. The first-order valence-electron chi connectivity index (χ1n) is 8.11. The molecule has 24 heavy (non-hydrogen) atoms. The normalized spacial score (nSPS) is 15.6. The van der Waals surface area contributed by atoms with Crippen molar-refractivity contribution in [2.24, 2.45) is 11.7 Å². The SMILES string of the molecule is CC(C)C[C@@H](NC(N)=O)C(=O)OCC(=O)NC(=O)NC1CCCC1. The molecule has 0 bridgehead atoms. The van der Waals surface area contributed by atoms with Crippen LogP contribution in [0.15, 0.2) is 0 Å². The van der Waals surface area contributed by atoms with Crippen LogP contribution in [0.4, 0.5) is 9.59 Å². The quantitative estimate of drug-likeness (QED) is 0.495. The predicted molar refractivity (Wildman–Crippen MR) is 85.9 cm³/mol. The number of ether oxygens (including phenoxy) is 1. The molecule has 5 N–H and O–H groups in total. The number of nitrogens with one attached hydrogen (secondary N) is 3. The van der Waals surface area contributed by atoms with Crippen LogP contribution in [0.5, 0.6) is 0 Å². The van der Waals surface area contributed by atoms with E-state index in [1.54, 1.807) is 0 Å². The van der Waals surface area contributed by atoms with E-state index < -0.39 is 36.6 Å². The molecule has 1 aliphatic carbocycles. The van der Waals surface area contributed by atoms with Crippen LogP contribution in [0.25, 0.3) is 0 Å². The van der Waals surface area contributed by atoms with E-state index in [4.69, 9.17) is 10.5 Å². The molecule has 9 heteroatoms. The number of imide groups is 1. The van der Waals surface area contributed by atoms with E-state index in [1.807, 2.05) is 13.8 Å². The molecule has 0 radical (unpaired) electrons. The highest BCUT2D eigenvalue weighted by molar-refractivity contribution is 5.96. The van der Waals surface area contributed by atoms with Crippen LogP contribution in [-0.2, 0) is 14.3 Å². The average Bonchev–Trinajstić information content (AvgIpc) is 2.95. The maximum absolute atomic E-state index is 11.9. The van der Waals surface area contributed by atoms with Crippen LogP contribution < -0.4 is 21.7 Å². The number of amides is 5. The van der Waals surface area contributed by atoms with Gasteiger partial charge in [-0.1, -0.05) is 26.7 Å². The molecule has 1 aliphatic rings. The van der Waals surface area contributed by atoms with Gasteiger partial charge in [0.25, 0.3) is 5.91 Å². The Morgan fingerprint density at radius 2 is 1.79 bits per heavy atom. The largest absolute Gasteiger partial charge is 0.454 e. The zero-order valence-corrected chi connectivity index (χ0v) is 14.1. The van der Waals surface area contributed by atoms with Crippen molar-refractivity contribution in [2.75, 3.05) is 6.61 Å². The van der Waals surface area contributed by atoms with Gasteiger partial charge in [-0.15, -0.1) is 0 Å². The number of nitrogens with two attached hydrogens (primary N) is 1. The highest BCUT2D eigenvalue weighted by Crippen LogP contribution is 2.17. The molecule has 0 heterocycles. The smallest absolute Gasteiger partial charge is 0.329 e. The maximum Gasteiger partial charge on any atom is 0.329 e. The number of urea groups is 2. The molecule has 136 valence electrons. The fourth-order valence-corrected chi connectivity index (χ4v) is 2.55. The van der Waals surface area contributed by atoms with Crippen LogP contribution in [0, 0.1) is 5.92 Å². The number of carbonyl (C=O) groups excluding carboxylic acids is 4. The summed E-state index contributed by atoms with van der Waals surface area (Å²) in [5.74, 6) is -1.39. The summed E-state index contributed by atoms with van der Waals surface area (Å²) in [4.78, 5) is 46.1. The van der Waals surface area contributed by atoms with Crippen molar-refractivity contribution in [1.82, 2.24) is 16.0 Å². The van der Waals surface area contributed by atoms with Crippen molar-refractivity contribution >= 4 is 23.9 Å². The Balaban J connectivity index is 2.35. The maximum atomic E-state index is 11.9. The van der Waals surface area contributed by atoms with Gasteiger partial charge in [0, 0.05) is 6.04 Å². The third-order valence-electron chi connectivity index (χ3n) is 3.60. The van der Waals surface area contributed by atoms with Gasteiger partial charge in [-0.3, -0.25) is 10.1 Å². The van der Waals surface area contributed by atoms with Crippen LogP contribution in [0.2, 0.25) is 0 Å². The molecule has 0 saturated heterocycles. The van der Waals surface area contributed by atoms with Crippen LogP contribution in [0.3, 0.4) is 0 Å². The third-order valence-corrected chi connectivity index (χ3v) is 3.60. The summed E-state index contributed by atoms with van der Waals surface area (Å²) in [6, 6.07) is -2.30. The molecule has 1 saturated carbocycles. The Morgan fingerprint density at radius 1 is 1.17 bits per heavy atom. The molecule has 1 rings (SSSR count). The molecular formula is C15H26N4O5. The summed E-state index contributed by atoms with van der Waals surface area (Å²) in [6.07, 6.45) is 4.23. The van der Waals surface area contributed by atoms with E-state index in [0.717, 1.165) is 25.7 Å². The van der Waals surface area contributed by atoms with Crippen molar-refractivity contribution in [3.8, 4) is 0 Å². The predicted octanol–water partition coefficient (Wildman–Crippen LogP) is 0.381. The summed E-state index contributed by atoms with van der Waals surface area (Å²) in [6.45, 7) is 3.12. The third kappa shape index (κ3) is 7.80. The first-order chi connectivity index (χ1) is 11.3. The van der Waals surface area contributed by atoms with Gasteiger partial charge in [0.1, 0.15) is 6.04 Å². The standard InChI is InChI=1S/C15H26N4O5/c1-9(2)7-11(18-14(16)22)13(21)24-8-12(20)19-15(23)17-10-5-3-4-6-10/h9-11H,3-8H2,1-2H3,(H3,16,18,22)(H2,17,19,20,23)/t11-/m1/s1. The monoisotopic (exact) mass is 342 g/mol. The number of primary amides is 1. The summed E-state index contributed by atoms with van der Waals surface area (Å²) in [5.41, 5.74) is 5.02. The van der Waals surface area contributed by atoms with Gasteiger partial charge in [-0.25, -0.2) is 14.4 Å². The van der Waals surface area contributed by atoms with Crippen LogP contribution in [0.1, 0.15) is 46.0 Å². The second-order valence-electron chi connectivity index (χ2n) is 6.30. The lowest BCUT2D eigenvalue weighted by atomic mass is 10.0. The molecule has 9 nitrogen and oxygen atoms in total. The van der Waals surface area contributed by atoms with E-state index in [0.29, 0.717) is 6.42 Å². The van der Waals surface area contributed by atoms with Gasteiger partial charge >= 0.3 is 18.0 Å². The Bertz CT molecular complexity index is 474. The number of hydrogen-bond acceptors (Lipinski definition) is 5. The summed E-state index contributed by atoms with van der Waals surface area (Å²) >= 11 is 0. The van der Waals surface area contributed by atoms with Gasteiger partial charge in [-0.05, 0) is 25.2 Å². The van der Waals surface area contributed by atoms with E-state index >= 15 is 0 Å². The minimum atomic E-state index is -0.928. The van der Waals surface area contributed by atoms with E-state index in [2.05, 4.69) is 16.0 Å². The zero-order valence-electron chi connectivity index (χ0n) is 14.1. The van der Waals surface area contributed by atoms with Crippen molar-refractivity contribution < 1.29 is 23.9 Å². The molecule has 5 amide bonds. The number of esters is 1. The van der Waals surface area contributed by atoms with Crippen molar-refractivity contribution in [2.45, 2.75) is 58.0 Å². The van der Waals surface area contributed by atoms with E-state index in [-0.39, 0.29) is 12.0 Å². The minimum Gasteiger partial charge on any atom is -0.454 e. The van der Waals surface area contributed by atoms with E-state index in [1.165, 1.54) is 0 Å². The first-order valence-corrected chi connectivity index (χ1v) is 8.11. The number of rotatable bonds is 7. The van der Waals surface area contributed by atoms with Crippen molar-refractivity contribution in [3.63, 3.8) is 0 Å². The molecular weight excluding hydrogens is 316 g/mol. The second-order valence-corrected chi connectivity index (χ2v) is 6.30. The number of carbonyl (C=O) groups is 4. The van der Waals surface area contributed by atoms with Gasteiger partial charge in [-0.2, -0.15) is 0 Å². The molecule has 0 aromatic heterocycles. The fraction of sp³-hybridized carbons (Fsp3) is 0.733. The molecule has 1 fully saturated rings. The molecule has 0 unspecified atom stereocenters. The van der Waals surface area contributed by atoms with Gasteiger partial charge in [0.2, 0.25) is 0 Å². The molecule has 0 aromatic carbocycles. The molecule has 0 aliphatic heterocycles. The average molecular weight is 342 g/mol. The second kappa shape index (κ2) is 9.74. The molecule has 0 aromatic rings. The number of hydrogen-bond donors (Lipinski definition) is 4. The van der Waals surface area contributed by atoms with Crippen LogP contribution in [-0.4, -0.2) is 42.6 Å².